The van der Waals surface area contributed by atoms with Crippen LogP contribution in [0.1, 0.15) is 58.1 Å². The summed E-state index contributed by atoms with van der Waals surface area (Å²) < 4.78 is 5.61. The number of aliphatic hydroxyl groups is 1. The molecule has 1 saturated carbocycles. The third-order valence-electron chi connectivity index (χ3n) is 4.54. The van der Waals surface area contributed by atoms with Crippen molar-refractivity contribution in [2.75, 3.05) is 0 Å². The van der Waals surface area contributed by atoms with Crippen molar-refractivity contribution in [2.24, 2.45) is 11.3 Å². The van der Waals surface area contributed by atoms with Crippen LogP contribution in [0.25, 0.3) is 0 Å². The number of nitrogens with zero attached hydrogens (tertiary/aromatic N) is 1. The molecule has 1 fully saturated rings. The van der Waals surface area contributed by atoms with Crippen molar-refractivity contribution in [1.82, 2.24) is 0 Å². The van der Waals surface area contributed by atoms with E-state index in [2.05, 4.69) is 13.0 Å². The zero-order chi connectivity index (χ0) is 15.5. The molecule has 1 aromatic carbocycles. The minimum absolute atomic E-state index is 0.131. The summed E-state index contributed by atoms with van der Waals surface area (Å²) >= 11 is 0. The predicted molar refractivity (Wildman–Crippen MR) is 82.8 cm³/mol. The molecule has 1 aliphatic carbocycles. The SMILES string of the molecule is CCC1CCC(C#N)(C(O)c2ccc(OC(C)C)cc2)C1. The van der Waals surface area contributed by atoms with Crippen molar-refractivity contribution in [3.63, 3.8) is 0 Å². The Balaban J connectivity index is 2.15. The summed E-state index contributed by atoms with van der Waals surface area (Å²) in [5, 5.41) is 20.3. The minimum atomic E-state index is -0.716. The Morgan fingerprint density at radius 1 is 1.38 bits per heavy atom. The summed E-state index contributed by atoms with van der Waals surface area (Å²) in [6, 6.07) is 9.90. The van der Waals surface area contributed by atoms with Crippen LogP contribution in [0.5, 0.6) is 5.75 Å². The normalized spacial score (nSPS) is 26.6. The topological polar surface area (TPSA) is 53.2 Å². The summed E-state index contributed by atoms with van der Waals surface area (Å²) in [6.45, 7) is 6.12. The van der Waals surface area contributed by atoms with Gasteiger partial charge in [0, 0.05) is 0 Å². The summed E-state index contributed by atoms with van der Waals surface area (Å²) in [4.78, 5) is 0. The van der Waals surface area contributed by atoms with Crippen LogP contribution in [0, 0.1) is 22.7 Å². The molecule has 21 heavy (non-hydrogen) atoms. The van der Waals surface area contributed by atoms with Crippen LogP contribution in [-0.2, 0) is 0 Å². The number of benzene rings is 1. The van der Waals surface area contributed by atoms with Crippen molar-refractivity contribution >= 4 is 0 Å². The molecule has 0 heterocycles. The van der Waals surface area contributed by atoms with Crippen LogP contribution >= 0.6 is 0 Å². The van der Waals surface area contributed by atoms with Crippen LogP contribution in [0.4, 0.5) is 0 Å². The molecular weight excluding hydrogens is 262 g/mol. The fraction of sp³-hybridized carbons (Fsp3) is 0.611. The first kappa shape index (κ1) is 15.9. The first-order valence-corrected chi connectivity index (χ1v) is 7.86. The Morgan fingerprint density at radius 2 is 2.05 bits per heavy atom. The van der Waals surface area contributed by atoms with E-state index in [1.807, 2.05) is 38.1 Å². The van der Waals surface area contributed by atoms with Crippen LogP contribution in [-0.4, -0.2) is 11.2 Å². The first-order chi connectivity index (χ1) is 10.0. The molecular formula is C18H25NO2. The van der Waals surface area contributed by atoms with Gasteiger partial charge < -0.3 is 9.84 Å². The van der Waals surface area contributed by atoms with Crippen molar-refractivity contribution in [3.05, 3.63) is 29.8 Å². The Hall–Kier alpha value is -1.53. The van der Waals surface area contributed by atoms with E-state index in [0.29, 0.717) is 5.92 Å². The van der Waals surface area contributed by atoms with E-state index in [1.54, 1.807) is 0 Å². The van der Waals surface area contributed by atoms with Gasteiger partial charge in [-0.05, 0) is 56.7 Å². The van der Waals surface area contributed by atoms with E-state index in [4.69, 9.17) is 4.74 Å². The lowest BCUT2D eigenvalue weighted by Crippen LogP contribution is -2.24. The average Bonchev–Trinajstić information content (AvgIpc) is 2.91. The Bertz CT molecular complexity index is 503. The third kappa shape index (κ3) is 3.39. The lowest BCUT2D eigenvalue weighted by molar-refractivity contribution is 0.0640. The van der Waals surface area contributed by atoms with Gasteiger partial charge in [0.05, 0.1) is 23.7 Å². The Kier molecular flexibility index (Phi) is 4.90. The molecule has 0 amide bonds. The first-order valence-electron chi connectivity index (χ1n) is 7.86. The quantitative estimate of drug-likeness (QED) is 0.881. The number of hydrogen-bond acceptors (Lipinski definition) is 3. The van der Waals surface area contributed by atoms with Gasteiger partial charge in [0.25, 0.3) is 0 Å². The summed E-state index contributed by atoms with van der Waals surface area (Å²) in [6.07, 6.45) is 3.12. The molecule has 1 aliphatic rings. The highest BCUT2D eigenvalue weighted by molar-refractivity contribution is 5.31. The van der Waals surface area contributed by atoms with E-state index in [-0.39, 0.29) is 6.10 Å². The molecule has 0 aliphatic heterocycles. The van der Waals surface area contributed by atoms with Gasteiger partial charge in [-0.15, -0.1) is 0 Å². The highest BCUT2D eigenvalue weighted by Gasteiger charge is 2.45. The second-order valence-electron chi connectivity index (χ2n) is 6.42. The predicted octanol–water partition coefficient (Wildman–Crippen LogP) is 4.23. The molecule has 0 aromatic heterocycles. The van der Waals surface area contributed by atoms with Gasteiger partial charge in [-0.3, -0.25) is 0 Å². The van der Waals surface area contributed by atoms with E-state index in [1.165, 1.54) is 0 Å². The van der Waals surface area contributed by atoms with Crippen molar-refractivity contribution in [3.8, 4) is 11.8 Å². The molecule has 0 saturated heterocycles. The molecule has 3 heteroatoms. The second-order valence-corrected chi connectivity index (χ2v) is 6.42. The lowest BCUT2D eigenvalue weighted by Gasteiger charge is -2.28. The molecule has 1 N–H and O–H groups in total. The minimum Gasteiger partial charge on any atom is -0.491 e. The fourth-order valence-electron chi connectivity index (χ4n) is 3.26. The molecule has 114 valence electrons. The zero-order valence-electron chi connectivity index (χ0n) is 13.2. The standard InChI is InChI=1S/C18H25NO2/c1-4-14-9-10-18(11-14,12-19)17(20)15-5-7-16(8-6-15)21-13(2)3/h5-8,13-14,17,20H,4,9-11H2,1-3H3. The Morgan fingerprint density at radius 3 is 2.52 bits per heavy atom. The number of nitriles is 1. The molecule has 0 bridgehead atoms. The number of ether oxygens (including phenoxy) is 1. The van der Waals surface area contributed by atoms with Gasteiger partial charge in [-0.25, -0.2) is 0 Å². The van der Waals surface area contributed by atoms with E-state index in [0.717, 1.165) is 37.0 Å². The maximum Gasteiger partial charge on any atom is 0.119 e. The van der Waals surface area contributed by atoms with Gasteiger partial charge in [0.1, 0.15) is 5.75 Å². The van der Waals surface area contributed by atoms with Gasteiger partial charge in [0.15, 0.2) is 0 Å². The van der Waals surface area contributed by atoms with Crippen LogP contribution in [0.2, 0.25) is 0 Å². The molecule has 2 rings (SSSR count). The maximum absolute atomic E-state index is 10.7. The number of rotatable bonds is 5. The number of hydrogen-bond donors (Lipinski definition) is 1. The monoisotopic (exact) mass is 287 g/mol. The fourth-order valence-corrected chi connectivity index (χ4v) is 3.26. The third-order valence-corrected chi connectivity index (χ3v) is 4.54. The van der Waals surface area contributed by atoms with Gasteiger partial charge in [-0.1, -0.05) is 25.5 Å². The molecule has 0 radical (unpaired) electrons. The van der Waals surface area contributed by atoms with Gasteiger partial charge >= 0.3 is 0 Å². The van der Waals surface area contributed by atoms with Crippen LogP contribution in [0.15, 0.2) is 24.3 Å². The second kappa shape index (κ2) is 6.49. The smallest absolute Gasteiger partial charge is 0.119 e. The molecule has 0 spiro atoms. The molecule has 3 nitrogen and oxygen atoms in total. The summed E-state index contributed by atoms with van der Waals surface area (Å²) in [7, 11) is 0. The molecule has 3 atom stereocenters. The highest BCUT2D eigenvalue weighted by Crippen LogP contribution is 2.50. The van der Waals surface area contributed by atoms with Crippen molar-refractivity contribution in [1.29, 1.82) is 5.26 Å². The highest BCUT2D eigenvalue weighted by atomic mass is 16.5. The van der Waals surface area contributed by atoms with Gasteiger partial charge in [0.2, 0.25) is 0 Å². The number of aliphatic hydroxyl groups excluding tert-OH is 1. The van der Waals surface area contributed by atoms with E-state index < -0.39 is 11.5 Å². The lowest BCUT2D eigenvalue weighted by atomic mass is 9.78. The van der Waals surface area contributed by atoms with Crippen LogP contribution in [0.3, 0.4) is 0 Å². The van der Waals surface area contributed by atoms with Crippen LogP contribution < -0.4 is 4.74 Å². The van der Waals surface area contributed by atoms with Crippen molar-refractivity contribution < 1.29 is 9.84 Å². The largest absolute Gasteiger partial charge is 0.491 e. The zero-order valence-corrected chi connectivity index (χ0v) is 13.2. The maximum atomic E-state index is 10.7. The van der Waals surface area contributed by atoms with E-state index >= 15 is 0 Å². The molecule has 3 unspecified atom stereocenters. The van der Waals surface area contributed by atoms with Gasteiger partial charge in [-0.2, -0.15) is 5.26 Å². The summed E-state index contributed by atoms with van der Waals surface area (Å²) in [5.74, 6) is 1.35. The molecule has 1 aromatic rings. The average molecular weight is 287 g/mol. The van der Waals surface area contributed by atoms with E-state index in [9.17, 15) is 10.4 Å². The summed E-state index contributed by atoms with van der Waals surface area (Å²) in [5.41, 5.74) is 0.186. The Labute approximate surface area is 127 Å². The van der Waals surface area contributed by atoms with Crippen molar-refractivity contribution in [2.45, 2.75) is 58.7 Å².